The average Bonchev–Trinajstić information content (AvgIpc) is 2.58. The van der Waals surface area contributed by atoms with Crippen molar-refractivity contribution in [2.45, 2.75) is 39.8 Å². The van der Waals surface area contributed by atoms with Gasteiger partial charge in [-0.15, -0.1) is 0 Å². The zero-order valence-corrected chi connectivity index (χ0v) is 12.4. The lowest BCUT2D eigenvalue weighted by atomic mass is 10.2. The first-order valence-corrected chi connectivity index (χ1v) is 6.52. The predicted octanol–water partition coefficient (Wildman–Crippen LogP) is 0.741. The number of carbonyl (C=O) groups excluding carboxylic acids is 1. The molecule has 6 heteroatoms. The van der Waals surface area contributed by atoms with Crippen molar-refractivity contribution in [3.63, 3.8) is 0 Å². The Morgan fingerprint density at radius 2 is 2.16 bits per heavy atom. The van der Waals surface area contributed by atoms with Gasteiger partial charge in [-0.2, -0.15) is 5.10 Å². The van der Waals surface area contributed by atoms with Gasteiger partial charge in [-0.05, 0) is 20.8 Å². The largest absolute Gasteiger partial charge is 0.481 e. The fourth-order valence-electron chi connectivity index (χ4n) is 1.95. The van der Waals surface area contributed by atoms with Gasteiger partial charge in [-0.1, -0.05) is 0 Å². The molecule has 0 aromatic carbocycles. The normalized spacial score (nSPS) is 10.8. The minimum atomic E-state index is 0.0670. The molecule has 0 saturated heterocycles. The molecule has 1 amide bonds. The standard InChI is InChI=1S/C13H24N4O2/c1-9(2)15-12(18)6-7-14-8-11-10(3)16-17(4)13(11)19-5/h9,14H,6-8H2,1-5H3,(H,15,18). The first kappa shape index (κ1) is 15.5. The van der Waals surface area contributed by atoms with Gasteiger partial charge < -0.3 is 15.4 Å². The number of amides is 1. The second-order valence-corrected chi connectivity index (χ2v) is 4.85. The van der Waals surface area contributed by atoms with Crippen molar-refractivity contribution in [1.29, 1.82) is 0 Å². The molecule has 0 aliphatic heterocycles. The van der Waals surface area contributed by atoms with E-state index in [-0.39, 0.29) is 11.9 Å². The van der Waals surface area contributed by atoms with Crippen LogP contribution in [-0.4, -0.2) is 35.4 Å². The maximum absolute atomic E-state index is 11.5. The Hall–Kier alpha value is -1.56. The number of methoxy groups -OCH3 is 1. The van der Waals surface area contributed by atoms with Crippen LogP contribution < -0.4 is 15.4 Å². The molecule has 108 valence electrons. The van der Waals surface area contributed by atoms with Crippen LogP contribution in [0.25, 0.3) is 0 Å². The zero-order chi connectivity index (χ0) is 14.4. The summed E-state index contributed by atoms with van der Waals surface area (Å²) in [5.74, 6) is 0.828. The summed E-state index contributed by atoms with van der Waals surface area (Å²) in [6.45, 7) is 7.14. The SMILES string of the molecule is COc1c(CNCCC(=O)NC(C)C)c(C)nn1C. The van der Waals surface area contributed by atoms with Crippen LogP contribution in [0.1, 0.15) is 31.5 Å². The van der Waals surface area contributed by atoms with E-state index in [0.29, 0.717) is 19.5 Å². The van der Waals surface area contributed by atoms with E-state index < -0.39 is 0 Å². The second-order valence-electron chi connectivity index (χ2n) is 4.85. The summed E-state index contributed by atoms with van der Waals surface area (Å²) in [6.07, 6.45) is 0.472. The maximum Gasteiger partial charge on any atom is 0.221 e. The molecule has 0 spiro atoms. The summed E-state index contributed by atoms with van der Waals surface area (Å²) in [4.78, 5) is 11.5. The number of hydrogen-bond acceptors (Lipinski definition) is 4. The highest BCUT2D eigenvalue weighted by Gasteiger charge is 2.13. The summed E-state index contributed by atoms with van der Waals surface area (Å²) in [7, 11) is 3.49. The number of hydrogen-bond donors (Lipinski definition) is 2. The number of aromatic nitrogens is 2. The Bertz CT molecular complexity index is 427. The van der Waals surface area contributed by atoms with Crippen LogP contribution in [0, 0.1) is 6.92 Å². The second kappa shape index (κ2) is 7.13. The third-order valence-corrected chi connectivity index (χ3v) is 2.76. The number of carbonyl (C=O) groups is 1. The zero-order valence-electron chi connectivity index (χ0n) is 12.4. The summed E-state index contributed by atoms with van der Waals surface area (Å²) < 4.78 is 7.03. The van der Waals surface area contributed by atoms with Crippen LogP contribution in [0.3, 0.4) is 0 Å². The third kappa shape index (κ3) is 4.55. The van der Waals surface area contributed by atoms with Crippen molar-refractivity contribution < 1.29 is 9.53 Å². The van der Waals surface area contributed by atoms with E-state index in [2.05, 4.69) is 15.7 Å². The van der Waals surface area contributed by atoms with Crippen molar-refractivity contribution in [2.75, 3.05) is 13.7 Å². The van der Waals surface area contributed by atoms with Crippen molar-refractivity contribution >= 4 is 5.91 Å². The molecule has 19 heavy (non-hydrogen) atoms. The van der Waals surface area contributed by atoms with E-state index in [4.69, 9.17) is 4.74 Å². The van der Waals surface area contributed by atoms with Gasteiger partial charge in [0.1, 0.15) is 0 Å². The fraction of sp³-hybridized carbons (Fsp3) is 0.692. The Balaban J connectivity index is 2.39. The third-order valence-electron chi connectivity index (χ3n) is 2.76. The quantitative estimate of drug-likeness (QED) is 0.716. The van der Waals surface area contributed by atoms with E-state index in [9.17, 15) is 4.79 Å². The first-order valence-electron chi connectivity index (χ1n) is 6.52. The van der Waals surface area contributed by atoms with Crippen molar-refractivity contribution in [2.24, 2.45) is 7.05 Å². The van der Waals surface area contributed by atoms with Gasteiger partial charge >= 0.3 is 0 Å². The monoisotopic (exact) mass is 268 g/mol. The topological polar surface area (TPSA) is 68.2 Å². The van der Waals surface area contributed by atoms with Gasteiger partial charge in [0.2, 0.25) is 11.8 Å². The first-order chi connectivity index (χ1) is 8.95. The highest BCUT2D eigenvalue weighted by Crippen LogP contribution is 2.20. The molecule has 0 fully saturated rings. The maximum atomic E-state index is 11.5. The molecule has 1 aromatic rings. The molecule has 0 unspecified atom stereocenters. The summed E-state index contributed by atoms with van der Waals surface area (Å²) in [5.41, 5.74) is 1.98. The van der Waals surface area contributed by atoms with Gasteiger partial charge in [0.15, 0.2) is 0 Å². The van der Waals surface area contributed by atoms with Gasteiger partial charge in [0.05, 0.1) is 18.4 Å². The summed E-state index contributed by atoms with van der Waals surface area (Å²) in [5, 5.41) is 10.4. The number of nitrogens with zero attached hydrogens (tertiary/aromatic N) is 2. The fourth-order valence-corrected chi connectivity index (χ4v) is 1.95. The molecule has 0 bridgehead atoms. The number of nitrogens with one attached hydrogen (secondary N) is 2. The molecule has 1 rings (SSSR count). The lowest BCUT2D eigenvalue weighted by Crippen LogP contribution is -2.32. The molecule has 1 heterocycles. The average molecular weight is 268 g/mol. The number of rotatable bonds is 7. The molecule has 2 N–H and O–H groups in total. The summed E-state index contributed by atoms with van der Waals surface area (Å²) >= 11 is 0. The molecule has 0 aliphatic rings. The van der Waals surface area contributed by atoms with Crippen LogP contribution >= 0.6 is 0 Å². The molecular formula is C13H24N4O2. The Labute approximate surface area is 114 Å². The minimum Gasteiger partial charge on any atom is -0.481 e. The Morgan fingerprint density at radius 1 is 1.47 bits per heavy atom. The van der Waals surface area contributed by atoms with Gasteiger partial charge in [0.25, 0.3) is 0 Å². The van der Waals surface area contributed by atoms with Crippen LogP contribution in [0.15, 0.2) is 0 Å². The molecule has 6 nitrogen and oxygen atoms in total. The van der Waals surface area contributed by atoms with Crippen molar-refractivity contribution in [1.82, 2.24) is 20.4 Å². The van der Waals surface area contributed by atoms with Crippen molar-refractivity contribution in [3.8, 4) is 5.88 Å². The molecule has 0 aliphatic carbocycles. The lowest BCUT2D eigenvalue weighted by molar-refractivity contribution is -0.121. The van der Waals surface area contributed by atoms with E-state index in [0.717, 1.165) is 17.1 Å². The summed E-state index contributed by atoms with van der Waals surface area (Å²) in [6, 6.07) is 0.188. The van der Waals surface area contributed by atoms with E-state index in [1.54, 1.807) is 11.8 Å². The molecular weight excluding hydrogens is 244 g/mol. The molecule has 0 atom stereocenters. The number of ether oxygens (including phenoxy) is 1. The van der Waals surface area contributed by atoms with E-state index in [1.165, 1.54) is 0 Å². The van der Waals surface area contributed by atoms with Gasteiger partial charge in [0, 0.05) is 32.6 Å². The van der Waals surface area contributed by atoms with Gasteiger partial charge in [-0.3, -0.25) is 4.79 Å². The predicted molar refractivity (Wildman–Crippen MR) is 74.1 cm³/mol. The Morgan fingerprint density at radius 3 is 2.74 bits per heavy atom. The van der Waals surface area contributed by atoms with Crippen LogP contribution in [0.5, 0.6) is 5.88 Å². The van der Waals surface area contributed by atoms with Gasteiger partial charge in [-0.25, -0.2) is 4.68 Å². The Kier molecular flexibility index (Phi) is 5.82. The number of aryl methyl sites for hydroxylation is 2. The van der Waals surface area contributed by atoms with E-state index in [1.807, 2.05) is 27.8 Å². The lowest BCUT2D eigenvalue weighted by Gasteiger charge is -2.09. The molecule has 1 aromatic heterocycles. The minimum absolute atomic E-state index is 0.0670. The van der Waals surface area contributed by atoms with Crippen molar-refractivity contribution in [3.05, 3.63) is 11.3 Å². The van der Waals surface area contributed by atoms with E-state index >= 15 is 0 Å². The van der Waals surface area contributed by atoms with Crippen LogP contribution in [0.4, 0.5) is 0 Å². The highest BCUT2D eigenvalue weighted by molar-refractivity contribution is 5.76. The molecule has 0 radical (unpaired) electrons. The van der Waals surface area contributed by atoms with Crippen LogP contribution in [-0.2, 0) is 18.4 Å². The molecule has 0 saturated carbocycles. The highest BCUT2D eigenvalue weighted by atomic mass is 16.5. The van der Waals surface area contributed by atoms with Crippen LogP contribution in [0.2, 0.25) is 0 Å². The smallest absolute Gasteiger partial charge is 0.221 e.